The molecule has 0 heterocycles. The Morgan fingerprint density at radius 2 is 1.85 bits per heavy atom. The van der Waals surface area contributed by atoms with Crippen LogP contribution in [0.1, 0.15) is 91.9 Å². The van der Waals surface area contributed by atoms with Crippen LogP contribution in [0, 0.1) is 23.2 Å². The molecule has 0 spiro atoms. The van der Waals surface area contributed by atoms with Gasteiger partial charge < -0.3 is 25.2 Å². The standard InChI is InChI=1S/C28H48O5/c1-19(7-5-13-27(2,3)32)22-11-12-23-21(8-6-14-28(22,23)4)10-9-20-17-24(30)26(25(31)18-20)33-16-15-29/h9-10,19,22-26,29-32H,5-8,11-18H2,1-4H3/t19-,22?,23?,24+,25+,26?,28?/m0/s1. The van der Waals surface area contributed by atoms with Gasteiger partial charge in [0.1, 0.15) is 6.10 Å². The number of rotatable bonds is 9. The van der Waals surface area contributed by atoms with Crippen molar-refractivity contribution in [1.29, 1.82) is 0 Å². The molecule has 6 atom stereocenters. The summed E-state index contributed by atoms with van der Waals surface area (Å²) in [4.78, 5) is 0. The van der Waals surface area contributed by atoms with Gasteiger partial charge in [0.2, 0.25) is 0 Å². The van der Waals surface area contributed by atoms with E-state index in [2.05, 4.69) is 26.0 Å². The van der Waals surface area contributed by atoms with Gasteiger partial charge in [0, 0.05) is 0 Å². The van der Waals surface area contributed by atoms with Crippen LogP contribution in [0.5, 0.6) is 0 Å². The van der Waals surface area contributed by atoms with Gasteiger partial charge in [-0.15, -0.1) is 0 Å². The molecule has 5 nitrogen and oxygen atoms in total. The Morgan fingerprint density at radius 1 is 1.15 bits per heavy atom. The van der Waals surface area contributed by atoms with Crippen molar-refractivity contribution in [3.8, 4) is 0 Å². The molecule has 3 rings (SSSR count). The van der Waals surface area contributed by atoms with E-state index in [1.807, 2.05) is 13.8 Å². The maximum Gasteiger partial charge on any atom is 0.110 e. The summed E-state index contributed by atoms with van der Waals surface area (Å²) in [7, 11) is 0. The van der Waals surface area contributed by atoms with Gasteiger partial charge in [-0.1, -0.05) is 50.0 Å². The van der Waals surface area contributed by atoms with Crippen LogP contribution in [0.3, 0.4) is 0 Å². The van der Waals surface area contributed by atoms with Gasteiger partial charge >= 0.3 is 0 Å². The summed E-state index contributed by atoms with van der Waals surface area (Å²) in [6.45, 7) is 8.78. The minimum absolute atomic E-state index is 0.107. The van der Waals surface area contributed by atoms with E-state index in [4.69, 9.17) is 9.84 Å². The van der Waals surface area contributed by atoms with Crippen LogP contribution >= 0.6 is 0 Å². The van der Waals surface area contributed by atoms with E-state index >= 15 is 0 Å². The first-order chi connectivity index (χ1) is 15.5. The van der Waals surface area contributed by atoms with Gasteiger partial charge in [0.25, 0.3) is 0 Å². The second-order valence-electron chi connectivity index (χ2n) is 11.9. The third-order valence-corrected chi connectivity index (χ3v) is 8.81. The molecule has 0 aliphatic heterocycles. The molecule has 33 heavy (non-hydrogen) atoms. The van der Waals surface area contributed by atoms with Crippen molar-refractivity contribution in [2.75, 3.05) is 13.2 Å². The highest BCUT2D eigenvalue weighted by atomic mass is 16.5. The Morgan fingerprint density at radius 3 is 2.48 bits per heavy atom. The molecular formula is C28H48O5. The lowest BCUT2D eigenvalue weighted by Gasteiger charge is -2.44. The van der Waals surface area contributed by atoms with Gasteiger partial charge in [0.15, 0.2) is 0 Å². The molecular weight excluding hydrogens is 416 g/mol. The van der Waals surface area contributed by atoms with Crippen LogP contribution in [0.25, 0.3) is 0 Å². The molecule has 0 aromatic heterocycles. The lowest BCUT2D eigenvalue weighted by atomic mass is 9.60. The molecule has 5 heteroatoms. The lowest BCUT2D eigenvalue weighted by Crippen LogP contribution is -2.44. The van der Waals surface area contributed by atoms with Crippen LogP contribution in [-0.4, -0.2) is 57.6 Å². The van der Waals surface area contributed by atoms with E-state index in [1.54, 1.807) is 5.57 Å². The molecule has 190 valence electrons. The average Bonchev–Trinajstić information content (AvgIpc) is 3.08. The van der Waals surface area contributed by atoms with E-state index in [9.17, 15) is 15.3 Å². The number of aliphatic hydroxyl groups is 4. The first-order valence-corrected chi connectivity index (χ1v) is 13.2. The second kappa shape index (κ2) is 11.3. The SMILES string of the molecule is C[C@@H](CCCC(C)(C)O)C1CCC2C(=CC=C3C[C@@H](O)C(OCCO)[C@H](O)C3)CCCC21C. The monoisotopic (exact) mass is 464 g/mol. The van der Waals surface area contributed by atoms with Crippen molar-refractivity contribution < 1.29 is 25.2 Å². The molecule has 0 amide bonds. The summed E-state index contributed by atoms with van der Waals surface area (Å²) in [5.41, 5.74) is 2.41. The summed E-state index contributed by atoms with van der Waals surface area (Å²) < 4.78 is 5.44. The topological polar surface area (TPSA) is 90.2 Å². The summed E-state index contributed by atoms with van der Waals surface area (Å²) in [6, 6.07) is 0. The molecule has 0 saturated heterocycles. The third kappa shape index (κ3) is 6.70. The number of ether oxygens (including phenoxy) is 1. The summed E-state index contributed by atoms with van der Waals surface area (Å²) >= 11 is 0. The van der Waals surface area contributed by atoms with Crippen LogP contribution in [0.4, 0.5) is 0 Å². The Hall–Kier alpha value is -0.720. The fourth-order valence-electron chi connectivity index (χ4n) is 7.15. The van der Waals surface area contributed by atoms with Gasteiger partial charge in [-0.2, -0.15) is 0 Å². The normalized spacial score (nSPS) is 37.3. The van der Waals surface area contributed by atoms with Crippen molar-refractivity contribution in [2.24, 2.45) is 23.2 Å². The van der Waals surface area contributed by atoms with E-state index < -0.39 is 23.9 Å². The second-order valence-corrected chi connectivity index (χ2v) is 11.9. The maximum atomic E-state index is 10.4. The average molecular weight is 465 g/mol. The quantitative estimate of drug-likeness (QED) is 0.403. The van der Waals surface area contributed by atoms with Crippen LogP contribution < -0.4 is 0 Å². The van der Waals surface area contributed by atoms with Crippen molar-refractivity contribution in [3.05, 3.63) is 23.3 Å². The number of aliphatic hydroxyl groups excluding tert-OH is 3. The van der Waals surface area contributed by atoms with Gasteiger partial charge in [-0.25, -0.2) is 0 Å². The van der Waals surface area contributed by atoms with Gasteiger partial charge in [-0.05, 0) is 88.4 Å². The van der Waals surface area contributed by atoms with Gasteiger partial charge in [0.05, 0.1) is 31.0 Å². The molecule has 3 unspecified atom stereocenters. The summed E-state index contributed by atoms with van der Waals surface area (Å²) in [5, 5.41) is 39.9. The first-order valence-electron chi connectivity index (χ1n) is 13.2. The zero-order valence-corrected chi connectivity index (χ0v) is 21.3. The smallest absolute Gasteiger partial charge is 0.110 e. The number of hydrogen-bond acceptors (Lipinski definition) is 5. The Bertz CT molecular complexity index is 679. The molecule has 0 radical (unpaired) electrons. The molecule has 3 fully saturated rings. The third-order valence-electron chi connectivity index (χ3n) is 8.81. The Kier molecular flexibility index (Phi) is 9.24. The number of fused-ring (bicyclic) bond motifs is 1. The van der Waals surface area contributed by atoms with E-state index in [0.717, 1.165) is 30.8 Å². The number of hydrogen-bond donors (Lipinski definition) is 4. The van der Waals surface area contributed by atoms with Crippen molar-refractivity contribution >= 4 is 0 Å². The summed E-state index contributed by atoms with van der Waals surface area (Å²) in [6.07, 6.45) is 12.8. The predicted molar refractivity (Wildman–Crippen MR) is 132 cm³/mol. The molecule has 0 aromatic carbocycles. The molecule has 0 aromatic rings. The predicted octanol–water partition coefficient (Wildman–Crippen LogP) is 4.53. The summed E-state index contributed by atoms with van der Waals surface area (Å²) in [5.74, 6) is 2.05. The Balaban J connectivity index is 1.64. The van der Waals surface area contributed by atoms with Gasteiger partial charge in [-0.3, -0.25) is 0 Å². The fraction of sp³-hybridized carbons (Fsp3) is 0.857. The lowest BCUT2D eigenvalue weighted by molar-refractivity contribution is -0.115. The highest BCUT2D eigenvalue weighted by molar-refractivity contribution is 5.26. The largest absolute Gasteiger partial charge is 0.394 e. The van der Waals surface area contributed by atoms with E-state index in [-0.39, 0.29) is 13.2 Å². The minimum Gasteiger partial charge on any atom is -0.394 e. The maximum absolute atomic E-state index is 10.4. The Labute approximate surface area is 200 Å². The van der Waals surface area contributed by atoms with Crippen molar-refractivity contribution in [3.63, 3.8) is 0 Å². The van der Waals surface area contributed by atoms with Crippen LogP contribution in [0.2, 0.25) is 0 Å². The fourth-order valence-corrected chi connectivity index (χ4v) is 7.15. The molecule has 4 N–H and O–H groups in total. The minimum atomic E-state index is -0.734. The van der Waals surface area contributed by atoms with Crippen LogP contribution in [-0.2, 0) is 4.74 Å². The zero-order valence-electron chi connectivity index (χ0n) is 21.3. The first kappa shape index (κ1) is 26.9. The van der Waals surface area contributed by atoms with E-state index in [0.29, 0.717) is 30.1 Å². The van der Waals surface area contributed by atoms with Crippen LogP contribution in [0.15, 0.2) is 23.3 Å². The molecule has 3 aliphatic rings. The molecule has 3 aliphatic carbocycles. The zero-order chi connectivity index (χ0) is 24.2. The van der Waals surface area contributed by atoms with Crippen molar-refractivity contribution in [2.45, 2.75) is 116 Å². The molecule has 3 saturated carbocycles. The highest BCUT2D eigenvalue weighted by Gasteiger charge is 2.50. The molecule has 0 bridgehead atoms. The van der Waals surface area contributed by atoms with E-state index in [1.165, 1.54) is 32.1 Å². The number of allylic oxidation sites excluding steroid dienone is 3. The van der Waals surface area contributed by atoms with Crippen molar-refractivity contribution in [1.82, 2.24) is 0 Å². The highest BCUT2D eigenvalue weighted by Crippen LogP contribution is 2.60.